The van der Waals surface area contributed by atoms with Gasteiger partial charge in [0, 0.05) is 17.7 Å². The maximum Gasteiger partial charge on any atom is 0.306 e. The average molecular weight is 492 g/mol. The number of nitrogens with zero attached hydrogens (tertiary/aromatic N) is 2. The van der Waals surface area contributed by atoms with Crippen molar-refractivity contribution >= 4 is 23.8 Å². The third-order valence-corrected chi connectivity index (χ3v) is 6.79. The summed E-state index contributed by atoms with van der Waals surface area (Å²) in [4.78, 5) is 25.0. The zero-order valence-corrected chi connectivity index (χ0v) is 21.2. The number of hydrogen-bond acceptors (Lipinski definition) is 6. The van der Waals surface area contributed by atoms with E-state index in [9.17, 15) is 9.59 Å². The monoisotopic (exact) mass is 491 g/mol. The maximum atomic E-state index is 12.8. The number of hydrogen-bond donors (Lipinski definition) is 1. The van der Waals surface area contributed by atoms with Crippen molar-refractivity contribution in [3.05, 3.63) is 64.7 Å². The van der Waals surface area contributed by atoms with E-state index in [1.165, 1.54) is 11.1 Å². The Kier molecular flexibility index (Phi) is 9.50. The Balaban J connectivity index is 1.29. The van der Waals surface area contributed by atoms with E-state index < -0.39 is 0 Å². The summed E-state index contributed by atoms with van der Waals surface area (Å²) >= 11 is 0. The number of carbonyl (C=O) groups excluding carboxylic acids is 2. The molecule has 7 heteroatoms. The molecular formula is C29H37N3O4. The Morgan fingerprint density at radius 1 is 1.11 bits per heavy atom. The van der Waals surface area contributed by atoms with Gasteiger partial charge >= 0.3 is 5.97 Å². The minimum Gasteiger partial charge on any atom is -0.466 e. The highest BCUT2D eigenvalue weighted by Crippen LogP contribution is 2.30. The summed E-state index contributed by atoms with van der Waals surface area (Å²) in [5.74, 6) is 0.0471. The predicted molar refractivity (Wildman–Crippen MR) is 141 cm³/mol. The van der Waals surface area contributed by atoms with E-state index in [1.54, 1.807) is 0 Å². The van der Waals surface area contributed by atoms with Gasteiger partial charge in [0.25, 0.3) is 5.91 Å². The topological polar surface area (TPSA) is 80.2 Å². The standard InChI is InChI=1S/C29H37N3O4/c1-2-3-4-15-36-28(33)19-23-7-8-24-11-12-27(20-26(24)18-23)31-29(34)25-9-5-22(6-10-25)21-30-32-13-16-35-17-14-32/h5-6,9-12,20-21,23H,2-4,7-8,13-19H2,1H3,(H,31,34)/b30-21+. The van der Waals surface area contributed by atoms with E-state index in [1.807, 2.05) is 41.6 Å². The van der Waals surface area contributed by atoms with E-state index in [2.05, 4.69) is 29.5 Å². The van der Waals surface area contributed by atoms with Gasteiger partial charge in [0.2, 0.25) is 0 Å². The lowest BCUT2D eigenvalue weighted by Gasteiger charge is -2.24. The van der Waals surface area contributed by atoms with Crippen LogP contribution in [0, 0.1) is 5.92 Å². The van der Waals surface area contributed by atoms with E-state index in [0.29, 0.717) is 31.8 Å². The number of morpholine rings is 1. The highest BCUT2D eigenvalue weighted by Gasteiger charge is 2.22. The predicted octanol–water partition coefficient (Wildman–Crippen LogP) is 4.83. The highest BCUT2D eigenvalue weighted by atomic mass is 16.5. The van der Waals surface area contributed by atoms with Gasteiger partial charge < -0.3 is 14.8 Å². The Morgan fingerprint density at radius 2 is 1.92 bits per heavy atom. The number of esters is 1. The summed E-state index contributed by atoms with van der Waals surface area (Å²) in [5, 5.41) is 9.49. The number of rotatable bonds is 10. The van der Waals surface area contributed by atoms with E-state index in [0.717, 1.165) is 62.9 Å². The first-order valence-corrected chi connectivity index (χ1v) is 13.2. The molecule has 1 saturated heterocycles. The molecule has 1 fully saturated rings. The van der Waals surface area contributed by atoms with Crippen molar-refractivity contribution in [2.75, 3.05) is 38.2 Å². The summed E-state index contributed by atoms with van der Waals surface area (Å²) in [6.07, 6.45) is 8.19. The molecule has 1 heterocycles. The van der Waals surface area contributed by atoms with Crippen molar-refractivity contribution in [1.29, 1.82) is 0 Å². The molecule has 0 bridgehead atoms. The van der Waals surface area contributed by atoms with Gasteiger partial charge in [-0.25, -0.2) is 0 Å². The van der Waals surface area contributed by atoms with Gasteiger partial charge in [-0.15, -0.1) is 0 Å². The van der Waals surface area contributed by atoms with Gasteiger partial charge in [0.1, 0.15) is 0 Å². The smallest absolute Gasteiger partial charge is 0.306 e. The molecule has 7 nitrogen and oxygen atoms in total. The summed E-state index contributed by atoms with van der Waals surface area (Å²) in [5.41, 5.74) is 4.82. The Labute approximate surface area is 213 Å². The van der Waals surface area contributed by atoms with Gasteiger partial charge in [-0.2, -0.15) is 5.10 Å². The number of unbranched alkanes of at least 4 members (excludes halogenated alkanes) is 2. The van der Waals surface area contributed by atoms with Gasteiger partial charge in [0.15, 0.2) is 0 Å². The second kappa shape index (κ2) is 13.2. The lowest BCUT2D eigenvalue weighted by atomic mass is 9.82. The lowest BCUT2D eigenvalue weighted by Crippen LogP contribution is -2.32. The molecule has 1 aliphatic carbocycles. The van der Waals surface area contributed by atoms with E-state index in [4.69, 9.17) is 9.47 Å². The fourth-order valence-corrected chi connectivity index (χ4v) is 4.66. The van der Waals surface area contributed by atoms with E-state index in [-0.39, 0.29) is 17.8 Å². The highest BCUT2D eigenvalue weighted by molar-refractivity contribution is 6.04. The molecule has 4 rings (SSSR count). The third kappa shape index (κ3) is 7.65. The zero-order valence-electron chi connectivity index (χ0n) is 21.2. The Bertz CT molecular complexity index is 1040. The normalized spacial score (nSPS) is 17.6. The molecule has 0 saturated carbocycles. The lowest BCUT2D eigenvalue weighted by molar-refractivity contribution is -0.145. The molecule has 1 unspecified atom stereocenters. The third-order valence-electron chi connectivity index (χ3n) is 6.79. The fraction of sp³-hybridized carbons (Fsp3) is 0.483. The average Bonchev–Trinajstić information content (AvgIpc) is 2.90. The minimum absolute atomic E-state index is 0.0950. The van der Waals surface area contributed by atoms with Crippen molar-refractivity contribution in [3.63, 3.8) is 0 Å². The van der Waals surface area contributed by atoms with Crippen LogP contribution in [-0.2, 0) is 27.1 Å². The summed E-state index contributed by atoms with van der Waals surface area (Å²) in [6, 6.07) is 13.5. The molecule has 1 aliphatic heterocycles. The molecule has 36 heavy (non-hydrogen) atoms. The van der Waals surface area contributed by atoms with Crippen LogP contribution in [-0.4, -0.2) is 56.0 Å². The van der Waals surface area contributed by atoms with Crippen LogP contribution in [0.2, 0.25) is 0 Å². The number of benzene rings is 2. The van der Waals surface area contributed by atoms with Crippen LogP contribution in [0.25, 0.3) is 0 Å². The fourth-order valence-electron chi connectivity index (χ4n) is 4.66. The van der Waals surface area contributed by atoms with E-state index >= 15 is 0 Å². The van der Waals surface area contributed by atoms with Crippen LogP contribution in [0.4, 0.5) is 5.69 Å². The van der Waals surface area contributed by atoms with Gasteiger partial charge in [0.05, 0.1) is 39.1 Å². The summed E-state index contributed by atoms with van der Waals surface area (Å²) in [7, 11) is 0. The first kappa shape index (κ1) is 25.9. The minimum atomic E-state index is -0.144. The molecule has 1 N–H and O–H groups in total. The largest absolute Gasteiger partial charge is 0.466 e. The maximum absolute atomic E-state index is 12.8. The number of carbonyl (C=O) groups is 2. The number of nitrogens with one attached hydrogen (secondary N) is 1. The molecule has 0 aromatic heterocycles. The van der Waals surface area contributed by atoms with Gasteiger partial charge in [-0.05, 0) is 72.6 Å². The second-order valence-electron chi connectivity index (χ2n) is 9.61. The molecular weight excluding hydrogens is 454 g/mol. The van der Waals surface area contributed by atoms with Crippen molar-refractivity contribution in [2.24, 2.45) is 11.0 Å². The van der Waals surface area contributed by atoms with Crippen molar-refractivity contribution in [3.8, 4) is 0 Å². The van der Waals surface area contributed by atoms with Crippen LogP contribution in [0.1, 0.15) is 66.1 Å². The van der Waals surface area contributed by atoms with Crippen LogP contribution >= 0.6 is 0 Å². The van der Waals surface area contributed by atoms with Crippen LogP contribution in [0.5, 0.6) is 0 Å². The summed E-state index contributed by atoms with van der Waals surface area (Å²) in [6.45, 7) is 5.64. The number of amides is 1. The molecule has 0 radical (unpaired) electrons. The summed E-state index contributed by atoms with van der Waals surface area (Å²) < 4.78 is 10.7. The van der Waals surface area contributed by atoms with Crippen molar-refractivity contribution in [1.82, 2.24) is 5.01 Å². The van der Waals surface area contributed by atoms with Gasteiger partial charge in [-0.1, -0.05) is 38.0 Å². The molecule has 0 spiro atoms. The second-order valence-corrected chi connectivity index (χ2v) is 9.61. The zero-order chi connectivity index (χ0) is 25.2. The number of hydrazone groups is 1. The number of aryl methyl sites for hydroxylation is 1. The van der Waals surface area contributed by atoms with Gasteiger partial charge in [-0.3, -0.25) is 14.6 Å². The molecule has 1 atom stereocenters. The molecule has 2 aromatic rings. The number of ether oxygens (including phenoxy) is 2. The van der Waals surface area contributed by atoms with Crippen molar-refractivity contribution in [2.45, 2.75) is 51.9 Å². The number of anilines is 1. The van der Waals surface area contributed by atoms with Crippen LogP contribution < -0.4 is 5.32 Å². The first-order valence-electron chi connectivity index (χ1n) is 13.2. The van der Waals surface area contributed by atoms with Crippen molar-refractivity contribution < 1.29 is 19.1 Å². The Hall–Kier alpha value is -3.19. The quantitative estimate of drug-likeness (QED) is 0.292. The Morgan fingerprint density at radius 3 is 2.69 bits per heavy atom. The van der Waals surface area contributed by atoms with Crippen LogP contribution in [0.3, 0.4) is 0 Å². The van der Waals surface area contributed by atoms with Crippen LogP contribution in [0.15, 0.2) is 47.6 Å². The molecule has 2 aromatic carbocycles. The molecule has 192 valence electrons. The molecule has 2 aliphatic rings. The first-order chi connectivity index (χ1) is 17.6. The molecule has 1 amide bonds. The SMILES string of the molecule is CCCCCOC(=O)CC1CCc2ccc(NC(=O)c3ccc(/C=N/N4CCOCC4)cc3)cc2C1. The number of fused-ring (bicyclic) bond motifs is 1.